The first-order valence-corrected chi connectivity index (χ1v) is 12.8. The number of anilines is 1. The van der Waals surface area contributed by atoms with Gasteiger partial charge < -0.3 is 25.4 Å². The van der Waals surface area contributed by atoms with E-state index < -0.39 is 42.2 Å². The van der Waals surface area contributed by atoms with E-state index in [0.29, 0.717) is 11.3 Å². The molecule has 0 aliphatic rings. The molecule has 0 fully saturated rings. The van der Waals surface area contributed by atoms with Gasteiger partial charge in [0.2, 0.25) is 5.91 Å². The SMILES string of the molecule is C=CCN(C(=O)C(CO)NC(=O)OC(C)(C)C)C(C(=O)Nc1ccc2ccccc2c1)c1cc(C)ccc1C. The minimum Gasteiger partial charge on any atom is -0.444 e. The molecule has 0 saturated heterocycles. The van der Waals surface area contributed by atoms with Crippen LogP contribution in [-0.2, 0) is 14.3 Å². The fourth-order valence-electron chi connectivity index (χ4n) is 4.28. The Kier molecular flexibility index (Phi) is 9.48. The van der Waals surface area contributed by atoms with Gasteiger partial charge in [-0.15, -0.1) is 6.58 Å². The molecular formula is C31H37N3O5. The number of aryl methyl sites for hydroxylation is 2. The van der Waals surface area contributed by atoms with Crippen molar-refractivity contribution in [3.63, 3.8) is 0 Å². The molecule has 3 amide bonds. The highest BCUT2D eigenvalue weighted by atomic mass is 16.6. The molecule has 0 spiro atoms. The highest BCUT2D eigenvalue weighted by molar-refractivity contribution is 6.00. The van der Waals surface area contributed by atoms with Gasteiger partial charge in [-0.3, -0.25) is 9.59 Å². The van der Waals surface area contributed by atoms with Gasteiger partial charge in [0.1, 0.15) is 17.7 Å². The fourth-order valence-corrected chi connectivity index (χ4v) is 4.28. The van der Waals surface area contributed by atoms with E-state index in [-0.39, 0.29) is 6.54 Å². The van der Waals surface area contributed by atoms with Gasteiger partial charge >= 0.3 is 6.09 Å². The topological polar surface area (TPSA) is 108 Å². The van der Waals surface area contributed by atoms with Crippen LogP contribution in [0, 0.1) is 13.8 Å². The number of nitrogens with zero attached hydrogens (tertiary/aromatic N) is 1. The summed E-state index contributed by atoms with van der Waals surface area (Å²) in [5.41, 5.74) is 2.12. The van der Waals surface area contributed by atoms with Gasteiger partial charge in [-0.05, 0) is 68.7 Å². The van der Waals surface area contributed by atoms with Crippen LogP contribution in [-0.4, -0.2) is 52.7 Å². The maximum Gasteiger partial charge on any atom is 0.408 e. The van der Waals surface area contributed by atoms with Crippen LogP contribution in [0.4, 0.5) is 10.5 Å². The largest absolute Gasteiger partial charge is 0.444 e. The lowest BCUT2D eigenvalue weighted by Crippen LogP contribution is -2.54. The Morgan fingerprint density at radius 3 is 2.36 bits per heavy atom. The first kappa shape index (κ1) is 29.4. The number of amides is 3. The van der Waals surface area contributed by atoms with E-state index in [1.807, 2.05) is 68.4 Å². The molecule has 2 atom stereocenters. The highest BCUT2D eigenvalue weighted by Crippen LogP contribution is 2.29. The van der Waals surface area contributed by atoms with Crippen LogP contribution in [0.2, 0.25) is 0 Å². The molecule has 8 heteroatoms. The number of nitrogens with one attached hydrogen (secondary N) is 2. The predicted molar refractivity (Wildman–Crippen MR) is 153 cm³/mol. The van der Waals surface area contributed by atoms with Crippen LogP contribution in [0.25, 0.3) is 10.8 Å². The van der Waals surface area contributed by atoms with Crippen LogP contribution >= 0.6 is 0 Å². The zero-order chi connectivity index (χ0) is 28.7. The third-order valence-corrected chi connectivity index (χ3v) is 6.09. The summed E-state index contributed by atoms with van der Waals surface area (Å²) in [4.78, 5) is 41.4. The van der Waals surface area contributed by atoms with E-state index in [9.17, 15) is 19.5 Å². The number of aliphatic hydroxyl groups excluding tert-OH is 1. The summed E-state index contributed by atoms with van der Waals surface area (Å²) in [6.07, 6.45) is 0.652. The van der Waals surface area contributed by atoms with Crippen molar-refractivity contribution in [3.05, 3.63) is 90.0 Å². The smallest absolute Gasteiger partial charge is 0.408 e. The Morgan fingerprint density at radius 1 is 1.03 bits per heavy atom. The number of hydrogen-bond acceptors (Lipinski definition) is 5. The van der Waals surface area contributed by atoms with Gasteiger partial charge in [-0.25, -0.2) is 4.79 Å². The molecule has 2 unspecified atom stereocenters. The van der Waals surface area contributed by atoms with E-state index in [1.165, 1.54) is 11.0 Å². The van der Waals surface area contributed by atoms with Crippen molar-refractivity contribution in [2.45, 2.75) is 52.3 Å². The van der Waals surface area contributed by atoms with Gasteiger partial charge in [0.15, 0.2) is 0 Å². The summed E-state index contributed by atoms with van der Waals surface area (Å²) in [6.45, 7) is 11.9. The third-order valence-electron chi connectivity index (χ3n) is 6.09. The van der Waals surface area contributed by atoms with Gasteiger partial charge in [-0.1, -0.05) is 60.2 Å². The average molecular weight is 532 g/mol. The molecule has 206 valence electrons. The Hall–Kier alpha value is -4.17. The van der Waals surface area contributed by atoms with Crippen molar-refractivity contribution in [2.24, 2.45) is 0 Å². The zero-order valence-electron chi connectivity index (χ0n) is 23.2. The second-order valence-electron chi connectivity index (χ2n) is 10.5. The van der Waals surface area contributed by atoms with E-state index >= 15 is 0 Å². The zero-order valence-corrected chi connectivity index (χ0v) is 23.2. The molecule has 3 aromatic carbocycles. The molecule has 3 rings (SSSR count). The standard InChI is InChI=1S/C31H37N3O5/c1-7-16-34(29(37)26(19-35)33-30(38)39-31(4,5)6)27(25-17-20(2)12-13-21(25)3)28(36)32-24-15-14-22-10-8-9-11-23(22)18-24/h7-15,17-18,26-27,35H,1,16,19H2,2-6H3,(H,32,36)(H,33,38). The normalized spacial score (nSPS) is 12.8. The van der Waals surface area contributed by atoms with E-state index in [0.717, 1.165) is 21.9 Å². The second-order valence-corrected chi connectivity index (χ2v) is 10.5. The lowest BCUT2D eigenvalue weighted by Gasteiger charge is -2.34. The monoisotopic (exact) mass is 531 g/mol. The molecule has 8 nitrogen and oxygen atoms in total. The number of hydrogen-bond donors (Lipinski definition) is 3. The number of alkyl carbamates (subject to hydrolysis) is 1. The maximum atomic E-state index is 13.9. The molecule has 0 aliphatic heterocycles. The molecule has 0 aliphatic carbocycles. The van der Waals surface area contributed by atoms with Crippen molar-refractivity contribution in [3.8, 4) is 0 Å². The quantitative estimate of drug-likeness (QED) is 0.336. The number of carbonyl (C=O) groups is 3. The van der Waals surface area contributed by atoms with Crippen molar-refractivity contribution in [1.82, 2.24) is 10.2 Å². The number of ether oxygens (including phenoxy) is 1. The summed E-state index contributed by atoms with van der Waals surface area (Å²) < 4.78 is 5.27. The molecule has 3 aromatic rings. The van der Waals surface area contributed by atoms with Crippen molar-refractivity contribution in [2.75, 3.05) is 18.5 Å². The summed E-state index contributed by atoms with van der Waals surface area (Å²) in [5.74, 6) is -1.09. The van der Waals surface area contributed by atoms with E-state index in [4.69, 9.17) is 4.74 Å². The van der Waals surface area contributed by atoms with Crippen LogP contribution < -0.4 is 10.6 Å². The van der Waals surface area contributed by atoms with Gasteiger partial charge in [-0.2, -0.15) is 0 Å². The first-order valence-electron chi connectivity index (χ1n) is 12.8. The fraction of sp³-hybridized carbons (Fsp3) is 0.323. The van der Waals surface area contributed by atoms with Crippen molar-refractivity contribution >= 4 is 34.4 Å². The van der Waals surface area contributed by atoms with Crippen molar-refractivity contribution in [1.29, 1.82) is 0 Å². The summed E-state index contributed by atoms with van der Waals surface area (Å²) in [7, 11) is 0. The van der Waals surface area contributed by atoms with Crippen LogP contribution in [0.1, 0.15) is 43.5 Å². The molecule has 0 heterocycles. The van der Waals surface area contributed by atoms with E-state index in [2.05, 4.69) is 17.2 Å². The molecular weight excluding hydrogens is 494 g/mol. The summed E-state index contributed by atoms with van der Waals surface area (Å²) in [6, 6.07) is 16.7. The Morgan fingerprint density at radius 2 is 1.72 bits per heavy atom. The number of benzene rings is 3. The van der Waals surface area contributed by atoms with Crippen molar-refractivity contribution < 1.29 is 24.2 Å². The minimum absolute atomic E-state index is 0.00544. The lowest BCUT2D eigenvalue weighted by molar-refractivity contribution is -0.140. The number of fused-ring (bicyclic) bond motifs is 1. The van der Waals surface area contributed by atoms with Crippen LogP contribution in [0.3, 0.4) is 0 Å². The van der Waals surface area contributed by atoms with Crippen LogP contribution in [0.15, 0.2) is 73.3 Å². The van der Waals surface area contributed by atoms with Gasteiger partial charge in [0, 0.05) is 12.2 Å². The van der Waals surface area contributed by atoms with Crippen LogP contribution in [0.5, 0.6) is 0 Å². The number of carbonyl (C=O) groups excluding carboxylic acids is 3. The minimum atomic E-state index is -1.33. The Labute approximate surface area is 229 Å². The summed E-state index contributed by atoms with van der Waals surface area (Å²) in [5, 5.41) is 17.4. The average Bonchev–Trinajstić information content (AvgIpc) is 2.87. The highest BCUT2D eigenvalue weighted by Gasteiger charge is 2.36. The number of aliphatic hydroxyl groups is 1. The predicted octanol–water partition coefficient (Wildman–Crippen LogP) is 5.04. The van der Waals surface area contributed by atoms with Gasteiger partial charge in [0.05, 0.1) is 6.61 Å². The second kappa shape index (κ2) is 12.6. The maximum absolute atomic E-state index is 13.9. The Balaban J connectivity index is 2.01. The lowest BCUT2D eigenvalue weighted by atomic mass is 9.96. The molecule has 0 radical (unpaired) electrons. The van der Waals surface area contributed by atoms with Gasteiger partial charge in [0.25, 0.3) is 5.91 Å². The molecule has 0 saturated carbocycles. The first-order chi connectivity index (χ1) is 18.4. The Bertz CT molecular complexity index is 1360. The molecule has 0 aromatic heterocycles. The third kappa shape index (κ3) is 7.67. The van der Waals surface area contributed by atoms with E-state index in [1.54, 1.807) is 26.8 Å². The molecule has 3 N–H and O–H groups in total. The number of rotatable bonds is 9. The summed E-state index contributed by atoms with van der Waals surface area (Å²) >= 11 is 0. The molecule has 0 bridgehead atoms. The molecule has 39 heavy (non-hydrogen) atoms.